The van der Waals surface area contributed by atoms with Crippen molar-refractivity contribution in [1.82, 2.24) is 0 Å². The third kappa shape index (κ3) is 3.94. The maximum atomic E-state index is 9.47. The number of hydrogen-bond donors (Lipinski definition) is 0. The standard InChI is InChI=1S/C38H25N3Si/c39-26-28-23-29(27-40)25-31(24-28)30-19-21-32(22-20-30)41-35-15-7-9-17-37(35)42(33-11-3-1-4-12-33,34-13-5-2-6-14-34)38-18-10-8-16-36(38)41/h1-25H. The Morgan fingerprint density at radius 3 is 1.38 bits per heavy atom. The zero-order chi connectivity index (χ0) is 28.5. The molecule has 0 bridgehead atoms. The van der Waals surface area contributed by atoms with Crippen LogP contribution in [0.15, 0.2) is 152 Å². The SMILES string of the molecule is N#Cc1cc(C#N)cc(-c2ccc(N3c4ccccc4[Si](c4ccccc4)(c4ccccc4)c4ccccc43)cc2)c1. The van der Waals surface area contributed by atoms with E-state index in [1.807, 2.05) is 12.1 Å². The van der Waals surface area contributed by atoms with Gasteiger partial charge in [0.2, 0.25) is 0 Å². The Morgan fingerprint density at radius 1 is 0.452 bits per heavy atom. The molecule has 0 saturated heterocycles. The van der Waals surface area contributed by atoms with Crippen LogP contribution < -0.4 is 25.6 Å². The lowest BCUT2D eigenvalue weighted by molar-refractivity contribution is 1.29. The number of hydrogen-bond acceptors (Lipinski definition) is 3. The van der Waals surface area contributed by atoms with E-state index in [4.69, 9.17) is 0 Å². The van der Waals surface area contributed by atoms with Crippen molar-refractivity contribution in [2.45, 2.75) is 0 Å². The molecule has 0 radical (unpaired) electrons. The van der Waals surface area contributed by atoms with E-state index in [1.54, 1.807) is 6.07 Å². The molecule has 0 spiro atoms. The first-order chi connectivity index (χ1) is 20.7. The molecule has 196 valence electrons. The summed E-state index contributed by atoms with van der Waals surface area (Å²) < 4.78 is 0. The van der Waals surface area contributed by atoms with Gasteiger partial charge >= 0.3 is 0 Å². The van der Waals surface area contributed by atoms with Crippen LogP contribution in [-0.2, 0) is 0 Å². The second kappa shape index (κ2) is 10.4. The summed E-state index contributed by atoms with van der Waals surface area (Å²) in [5.74, 6) is 0. The fourth-order valence-electron chi connectivity index (χ4n) is 6.42. The highest BCUT2D eigenvalue weighted by Gasteiger charge is 2.48. The van der Waals surface area contributed by atoms with Crippen LogP contribution in [0.25, 0.3) is 11.1 Å². The quantitative estimate of drug-likeness (QED) is 0.243. The Bertz CT molecular complexity index is 1880. The van der Waals surface area contributed by atoms with E-state index < -0.39 is 8.07 Å². The van der Waals surface area contributed by atoms with Crippen molar-refractivity contribution < 1.29 is 0 Å². The van der Waals surface area contributed by atoms with E-state index in [-0.39, 0.29) is 0 Å². The molecule has 0 aliphatic carbocycles. The number of benzene rings is 6. The molecule has 0 atom stereocenters. The molecule has 0 N–H and O–H groups in total. The van der Waals surface area contributed by atoms with Gasteiger partial charge in [0, 0.05) is 17.1 Å². The Kier molecular flexibility index (Phi) is 6.25. The lowest BCUT2D eigenvalue weighted by Gasteiger charge is -2.45. The summed E-state index contributed by atoms with van der Waals surface area (Å²) in [5.41, 5.74) is 6.20. The van der Waals surface area contributed by atoms with E-state index in [9.17, 15) is 10.5 Å². The fraction of sp³-hybridized carbons (Fsp3) is 0. The molecular formula is C38H25N3Si. The summed E-state index contributed by atoms with van der Waals surface area (Å²) in [6.07, 6.45) is 0. The first-order valence-corrected chi connectivity index (χ1v) is 15.9. The molecule has 0 saturated carbocycles. The van der Waals surface area contributed by atoms with E-state index in [1.165, 1.54) is 32.1 Å². The molecule has 1 heterocycles. The first-order valence-electron chi connectivity index (χ1n) is 13.9. The van der Waals surface area contributed by atoms with Gasteiger partial charge in [-0.25, -0.2) is 0 Å². The minimum Gasteiger partial charge on any atom is -0.311 e. The van der Waals surface area contributed by atoms with Crippen LogP contribution in [0.2, 0.25) is 0 Å². The van der Waals surface area contributed by atoms with Crippen LogP contribution in [0, 0.1) is 22.7 Å². The summed E-state index contributed by atoms with van der Waals surface area (Å²) in [4.78, 5) is 2.37. The van der Waals surface area contributed by atoms with Gasteiger partial charge in [0.15, 0.2) is 8.07 Å². The van der Waals surface area contributed by atoms with Gasteiger partial charge in [-0.2, -0.15) is 10.5 Å². The largest absolute Gasteiger partial charge is 0.311 e. The minimum atomic E-state index is -2.64. The maximum Gasteiger partial charge on any atom is 0.184 e. The number of fused-ring (bicyclic) bond motifs is 2. The van der Waals surface area contributed by atoms with E-state index in [2.05, 4.69) is 150 Å². The third-order valence-corrected chi connectivity index (χ3v) is 13.0. The molecule has 1 aliphatic rings. The van der Waals surface area contributed by atoms with Gasteiger partial charge in [-0.15, -0.1) is 0 Å². The lowest BCUT2D eigenvalue weighted by Crippen LogP contribution is -2.77. The van der Waals surface area contributed by atoms with Gasteiger partial charge in [0.25, 0.3) is 0 Å². The second-order valence-corrected chi connectivity index (χ2v) is 14.2. The van der Waals surface area contributed by atoms with Gasteiger partial charge in [-0.1, -0.05) is 109 Å². The molecule has 0 fully saturated rings. The molecule has 0 amide bonds. The van der Waals surface area contributed by atoms with E-state index in [0.717, 1.165) is 16.8 Å². The van der Waals surface area contributed by atoms with Gasteiger partial charge < -0.3 is 4.90 Å². The highest BCUT2D eigenvalue weighted by atomic mass is 28.3. The third-order valence-electron chi connectivity index (χ3n) is 8.16. The van der Waals surface area contributed by atoms with Crippen LogP contribution in [-0.4, -0.2) is 8.07 Å². The monoisotopic (exact) mass is 551 g/mol. The zero-order valence-electron chi connectivity index (χ0n) is 22.8. The summed E-state index contributed by atoms with van der Waals surface area (Å²) in [5, 5.41) is 24.4. The van der Waals surface area contributed by atoms with Crippen molar-refractivity contribution >= 4 is 45.9 Å². The number of nitriles is 2. The maximum absolute atomic E-state index is 9.47. The average Bonchev–Trinajstić information content (AvgIpc) is 3.08. The predicted octanol–water partition coefficient (Wildman–Crippen LogP) is 6.26. The molecule has 7 rings (SSSR count). The van der Waals surface area contributed by atoms with Gasteiger partial charge in [-0.05, 0) is 74.3 Å². The number of anilines is 3. The lowest BCUT2D eigenvalue weighted by atomic mass is 10.00. The van der Waals surface area contributed by atoms with Crippen LogP contribution in [0.5, 0.6) is 0 Å². The van der Waals surface area contributed by atoms with Crippen molar-refractivity contribution in [3.8, 4) is 23.3 Å². The molecule has 1 aliphatic heterocycles. The smallest absolute Gasteiger partial charge is 0.184 e. The minimum absolute atomic E-state index is 0.482. The Labute approximate surface area is 246 Å². The highest BCUT2D eigenvalue weighted by Crippen LogP contribution is 2.39. The number of nitrogens with zero attached hydrogens (tertiary/aromatic N) is 3. The second-order valence-electron chi connectivity index (χ2n) is 10.4. The Balaban J connectivity index is 1.45. The molecule has 3 nitrogen and oxygen atoms in total. The molecule has 0 unspecified atom stereocenters. The van der Waals surface area contributed by atoms with Gasteiger partial charge in [-0.3, -0.25) is 0 Å². The molecule has 0 aromatic heterocycles. The summed E-state index contributed by atoms with van der Waals surface area (Å²) in [6.45, 7) is 0. The fourth-order valence-corrected chi connectivity index (χ4v) is 11.5. The van der Waals surface area contributed by atoms with Crippen molar-refractivity contribution in [2.75, 3.05) is 4.90 Å². The molecule has 4 heteroatoms. The Hall–Kier alpha value is -5.68. The summed E-state index contributed by atoms with van der Waals surface area (Å²) in [6, 6.07) is 57.7. The van der Waals surface area contributed by atoms with Crippen molar-refractivity contribution in [3.63, 3.8) is 0 Å². The Morgan fingerprint density at radius 2 is 0.905 bits per heavy atom. The van der Waals surface area contributed by atoms with E-state index >= 15 is 0 Å². The van der Waals surface area contributed by atoms with Crippen LogP contribution >= 0.6 is 0 Å². The summed E-state index contributed by atoms with van der Waals surface area (Å²) in [7, 11) is -2.64. The van der Waals surface area contributed by atoms with Crippen molar-refractivity contribution in [2.24, 2.45) is 0 Å². The predicted molar refractivity (Wildman–Crippen MR) is 173 cm³/mol. The number of para-hydroxylation sites is 2. The number of rotatable bonds is 4. The molecule has 6 aromatic carbocycles. The zero-order valence-corrected chi connectivity index (χ0v) is 23.8. The van der Waals surface area contributed by atoms with Gasteiger partial charge in [0.1, 0.15) is 0 Å². The first kappa shape index (κ1) is 25.3. The van der Waals surface area contributed by atoms with Crippen molar-refractivity contribution in [3.05, 3.63) is 163 Å². The van der Waals surface area contributed by atoms with Gasteiger partial charge in [0.05, 0.1) is 23.3 Å². The molecular weight excluding hydrogens is 527 g/mol. The molecule has 42 heavy (non-hydrogen) atoms. The van der Waals surface area contributed by atoms with Crippen molar-refractivity contribution in [1.29, 1.82) is 10.5 Å². The van der Waals surface area contributed by atoms with Crippen LogP contribution in [0.3, 0.4) is 0 Å². The highest BCUT2D eigenvalue weighted by molar-refractivity contribution is 7.21. The summed E-state index contributed by atoms with van der Waals surface area (Å²) >= 11 is 0. The average molecular weight is 552 g/mol. The normalized spacial score (nSPS) is 12.9. The van der Waals surface area contributed by atoms with Crippen LogP contribution in [0.1, 0.15) is 11.1 Å². The topological polar surface area (TPSA) is 50.8 Å². The molecule has 6 aromatic rings. The van der Waals surface area contributed by atoms with E-state index in [0.29, 0.717) is 11.1 Å². The van der Waals surface area contributed by atoms with Crippen LogP contribution in [0.4, 0.5) is 17.1 Å².